The van der Waals surface area contributed by atoms with E-state index in [2.05, 4.69) is 5.32 Å². The van der Waals surface area contributed by atoms with Crippen molar-refractivity contribution in [1.82, 2.24) is 0 Å². The van der Waals surface area contributed by atoms with Crippen LogP contribution in [0.2, 0.25) is 5.02 Å². The number of carbonyl (C=O) groups excluding carboxylic acids is 1. The summed E-state index contributed by atoms with van der Waals surface area (Å²) in [6.07, 6.45) is 0. The van der Waals surface area contributed by atoms with E-state index in [0.29, 0.717) is 22.0 Å². The molecule has 0 aliphatic carbocycles. The average Bonchev–Trinajstić information content (AvgIpc) is 2.70. The molecule has 0 heterocycles. The Morgan fingerprint density at radius 2 is 1.48 bits per heavy atom. The van der Waals surface area contributed by atoms with Gasteiger partial charge in [-0.2, -0.15) is 10.5 Å². The summed E-state index contributed by atoms with van der Waals surface area (Å²) in [4.78, 5) is 12.2. The van der Waals surface area contributed by atoms with E-state index in [9.17, 15) is 15.3 Å². The third-order valence-electron chi connectivity index (χ3n) is 3.69. The highest BCUT2D eigenvalue weighted by Crippen LogP contribution is 2.29. The minimum Gasteiger partial charge on any atom is -0.455 e. The second kappa shape index (κ2) is 8.05. The molecule has 27 heavy (non-hydrogen) atoms. The number of para-hydroxylation sites is 1. The summed E-state index contributed by atoms with van der Waals surface area (Å²) >= 11 is 5.82. The fourth-order valence-electron chi connectivity index (χ4n) is 2.35. The maximum Gasteiger partial charge on any atom is 0.255 e. The van der Waals surface area contributed by atoms with Gasteiger partial charge in [0.05, 0.1) is 11.1 Å². The van der Waals surface area contributed by atoms with Crippen molar-refractivity contribution in [3.8, 4) is 23.6 Å². The number of benzene rings is 3. The number of rotatable bonds is 4. The second-order valence-corrected chi connectivity index (χ2v) is 5.93. The van der Waals surface area contributed by atoms with Crippen LogP contribution >= 0.6 is 11.6 Å². The molecule has 0 saturated carbocycles. The molecular formula is C21H12ClN3O2. The molecule has 0 aliphatic rings. The minimum absolute atomic E-state index is 0.209. The summed E-state index contributed by atoms with van der Waals surface area (Å²) in [5, 5.41) is 21.7. The molecule has 1 N–H and O–H groups in total. The van der Waals surface area contributed by atoms with Crippen LogP contribution in [-0.4, -0.2) is 5.91 Å². The predicted molar refractivity (Wildman–Crippen MR) is 102 cm³/mol. The molecule has 0 bridgehead atoms. The van der Waals surface area contributed by atoms with Gasteiger partial charge in [0, 0.05) is 16.3 Å². The minimum atomic E-state index is -0.262. The van der Waals surface area contributed by atoms with Gasteiger partial charge >= 0.3 is 0 Å². The Morgan fingerprint density at radius 1 is 0.889 bits per heavy atom. The highest BCUT2D eigenvalue weighted by Gasteiger charge is 2.11. The molecule has 130 valence electrons. The Hall–Kier alpha value is -3.80. The van der Waals surface area contributed by atoms with Gasteiger partial charge in [-0.1, -0.05) is 17.7 Å². The van der Waals surface area contributed by atoms with Crippen LogP contribution in [0.5, 0.6) is 11.5 Å². The molecule has 0 spiro atoms. The summed E-state index contributed by atoms with van der Waals surface area (Å²) < 4.78 is 5.71. The SMILES string of the molecule is N#Cc1cccc(C#N)c1Oc1ccc(NC(=O)c2ccc(Cl)cc2)cc1. The van der Waals surface area contributed by atoms with Crippen molar-refractivity contribution >= 4 is 23.2 Å². The summed E-state index contributed by atoms with van der Waals surface area (Å²) in [5.74, 6) is 0.390. The van der Waals surface area contributed by atoms with Crippen LogP contribution in [0.15, 0.2) is 66.7 Å². The molecule has 1 amide bonds. The van der Waals surface area contributed by atoms with Crippen molar-refractivity contribution in [3.05, 3.63) is 88.4 Å². The van der Waals surface area contributed by atoms with E-state index < -0.39 is 0 Å². The fourth-order valence-corrected chi connectivity index (χ4v) is 2.48. The Labute approximate surface area is 161 Å². The zero-order valence-corrected chi connectivity index (χ0v) is 14.7. The van der Waals surface area contributed by atoms with E-state index in [4.69, 9.17) is 16.3 Å². The van der Waals surface area contributed by atoms with Gasteiger partial charge in [-0.3, -0.25) is 4.79 Å². The molecule has 5 nitrogen and oxygen atoms in total. The number of nitrogens with zero attached hydrogens (tertiary/aromatic N) is 2. The van der Waals surface area contributed by atoms with Crippen molar-refractivity contribution in [2.24, 2.45) is 0 Å². The topological polar surface area (TPSA) is 85.9 Å². The molecule has 0 atom stereocenters. The molecule has 0 saturated heterocycles. The van der Waals surface area contributed by atoms with Crippen LogP contribution in [-0.2, 0) is 0 Å². The van der Waals surface area contributed by atoms with Crippen LogP contribution in [0, 0.1) is 22.7 Å². The highest BCUT2D eigenvalue weighted by atomic mass is 35.5. The number of carbonyl (C=O) groups is 1. The van der Waals surface area contributed by atoms with Crippen LogP contribution in [0.25, 0.3) is 0 Å². The van der Waals surface area contributed by atoms with Gasteiger partial charge in [0.1, 0.15) is 17.9 Å². The van der Waals surface area contributed by atoms with E-state index in [1.165, 1.54) is 0 Å². The monoisotopic (exact) mass is 373 g/mol. The lowest BCUT2D eigenvalue weighted by molar-refractivity contribution is 0.102. The molecule has 0 aromatic heterocycles. The summed E-state index contributed by atoms with van der Waals surface area (Å²) in [6.45, 7) is 0. The van der Waals surface area contributed by atoms with Gasteiger partial charge in [-0.05, 0) is 60.7 Å². The third kappa shape index (κ3) is 4.24. The summed E-state index contributed by atoms with van der Waals surface area (Å²) in [7, 11) is 0. The summed E-state index contributed by atoms with van der Waals surface area (Å²) in [5.41, 5.74) is 1.61. The lowest BCUT2D eigenvalue weighted by Crippen LogP contribution is -2.11. The molecule has 0 radical (unpaired) electrons. The highest BCUT2D eigenvalue weighted by molar-refractivity contribution is 6.30. The van der Waals surface area contributed by atoms with E-state index in [0.717, 1.165) is 0 Å². The molecule has 3 aromatic carbocycles. The van der Waals surface area contributed by atoms with E-state index >= 15 is 0 Å². The van der Waals surface area contributed by atoms with Crippen LogP contribution in [0.4, 0.5) is 5.69 Å². The fraction of sp³-hybridized carbons (Fsp3) is 0. The van der Waals surface area contributed by atoms with Crippen LogP contribution in [0.1, 0.15) is 21.5 Å². The van der Waals surface area contributed by atoms with Gasteiger partial charge in [-0.25, -0.2) is 0 Å². The zero-order chi connectivity index (χ0) is 19.2. The van der Waals surface area contributed by atoms with Gasteiger partial charge < -0.3 is 10.1 Å². The van der Waals surface area contributed by atoms with Gasteiger partial charge in [0.25, 0.3) is 5.91 Å². The molecule has 6 heteroatoms. The number of hydrogen-bond acceptors (Lipinski definition) is 4. The first-order chi connectivity index (χ1) is 13.1. The predicted octanol–water partition coefficient (Wildman–Crippen LogP) is 5.13. The summed E-state index contributed by atoms with van der Waals surface area (Å²) in [6, 6.07) is 22.0. The van der Waals surface area contributed by atoms with Crippen molar-refractivity contribution in [2.75, 3.05) is 5.32 Å². The molecule has 3 rings (SSSR count). The van der Waals surface area contributed by atoms with Gasteiger partial charge in [-0.15, -0.1) is 0 Å². The van der Waals surface area contributed by atoms with E-state index in [-0.39, 0.29) is 22.8 Å². The van der Waals surface area contributed by atoms with E-state index in [1.807, 2.05) is 12.1 Å². The third-order valence-corrected chi connectivity index (χ3v) is 3.95. The Bertz CT molecular complexity index is 1030. The van der Waals surface area contributed by atoms with Gasteiger partial charge in [0.2, 0.25) is 0 Å². The van der Waals surface area contributed by atoms with Crippen LogP contribution in [0.3, 0.4) is 0 Å². The number of amides is 1. The maximum atomic E-state index is 12.2. The molecule has 0 fully saturated rings. The van der Waals surface area contributed by atoms with Crippen molar-refractivity contribution in [3.63, 3.8) is 0 Å². The van der Waals surface area contributed by atoms with Crippen molar-refractivity contribution < 1.29 is 9.53 Å². The Morgan fingerprint density at radius 3 is 2.04 bits per heavy atom. The number of anilines is 1. The van der Waals surface area contributed by atoms with E-state index in [1.54, 1.807) is 66.7 Å². The largest absolute Gasteiger partial charge is 0.455 e. The first kappa shape index (κ1) is 18.0. The average molecular weight is 374 g/mol. The Kier molecular flexibility index (Phi) is 5.37. The number of nitriles is 2. The number of nitrogens with one attached hydrogen (secondary N) is 1. The van der Waals surface area contributed by atoms with Crippen molar-refractivity contribution in [2.45, 2.75) is 0 Å². The normalized spacial score (nSPS) is 9.74. The zero-order valence-electron chi connectivity index (χ0n) is 13.9. The maximum absolute atomic E-state index is 12.2. The number of hydrogen-bond donors (Lipinski definition) is 1. The molecule has 0 aliphatic heterocycles. The first-order valence-corrected chi connectivity index (χ1v) is 8.26. The molecule has 3 aromatic rings. The van der Waals surface area contributed by atoms with Crippen LogP contribution < -0.4 is 10.1 Å². The molecular weight excluding hydrogens is 362 g/mol. The first-order valence-electron chi connectivity index (χ1n) is 7.89. The Balaban J connectivity index is 1.75. The number of ether oxygens (including phenoxy) is 1. The van der Waals surface area contributed by atoms with Gasteiger partial charge in [0.15, 0.2) is 5.75 Å². The standard InChI is InChI=1S/C21H12ClN3O2/c22-17-6-4-14(5-7-17)21(26)25-18-8-10-19(11-9-18)27-20-15(12-23)2-1-3-16(20)13-24/h1-11H,(H,25,26). The molecule has 0 unspecified atom stereocenters. The lowest BCUT2D eigenvalue weighted by Gasteiger charge is -2.10. The second-order valence-electron chi connectivity index (χ2n) is 5.49. The number of halogens is 1. The lowest BCUT2D eigenvalue weighted by atomic mass is 10.1. The quantitative estimate of drug-likeness (QED) is 0.687. The smallest absolute Gasteiger partial charge is 0.255 e. The van der Waals surface area contributed by atoms with Crippen molar-refractivity contribution in [1.29, 1.82) is 10.5 Å².